The zero-order valence-corrected chi connectivity index (χ0v) is 15.3. The van der Waals surface area contributed by atoms with Crippen molar-refractivity contribution in [2.24, 2.45) is 0 Å². The SMILES string of the molecule is CCCC(=O)N1CCCC(c2nc(C3CNCCN3C)no2)C1.Cl. The van der Waals surface area contributed by atoms with Crippen molar-refractivity contribution in [3.05, 3.63) is 11.7 Å². The summed E-state index contributed by atoms with van der Waals surface area (Å²) in [6.45, 7) is 6.43. The highest BCUT2D eigenvalue weighted by atomic mass is 35.5. The first-order chi connectivity index (χ1) is 11.2. The molecule has 7 nitrogen and oxygen atoms in total. The molecule has 2 aliphatic heterocycles. The third kappa shape index (κ3) is 4.26. The van der Waals surface area contributed by atoms with Crippen LogP contribution in [0.5, 0.6) is 0 Å². The lowest BCUT2D eigenvalue weighted by atomic mass is 9.97. The van der Waals surface area contributed by atoms with E-state index in [0.717, 1.165) is 51.3 Å². The lowest BCUT2D eigenvalue weighted by Gasteiger charge is -2.31. The van der Waals surface area contributed by atoms with Gasteiger partial charge in [-0.2, -0.15) is 4.98 Å². The minimum Gasteiger partial charge on any atom is -0.342 e. The molecule has 0 aromatic carbocycles. The molecule has 2 unspecified atom stereocenters. The summed E-state index contributed by atoms with van der Waals surface area (Å²) in [4.78, 5) is 21.0. The number of likely N-dealkylation sites (tertiary alicyclic amines) is 1. The number of hydrogen-bond acceptors (Lipinski definition) is 6. The smallest absolute Gasteiger partial charge is 0.231 e. The van der Waals surface area contributed by atoms with Gasteiger partial charge in [0.15, 0.2) is 5.82 Å². The number of carbonyl (C=O) groups is 1. The second-order valence-corrected chi connectivity index (χ2v) is 6.62. The van der Waals surface area contributed by atoms with Gasteiger partial charge in [-0.05, 0) is 26.3 Å². The standard InChI is InChI=1S/C16H27N5O2.ClH/c1-3-5-14(22)21-8-4-6-12(11-21)16-18-15(19-23-16)13-10-17-7-9-20(13)2;/h12-13,17H,3-11H2,1-2H3;1H. The first kappa shape index (κ1) is 19.1. The van der Waals surface area contributed by atoms with Crippen LogP contribution in [-0.4, -0.2) is 65.6 Å². The van der Waals surface area contributed by atoms with Gasteiger partial charge in [-0.3, -0.25) is 9.69 Å². The topological polar surface area (TPSA) is 74.5 Å². The first-order valence-corrected chi connectivity index (χ1v) is 8.71. The zero-order chi connectivity index (χ0) is 16.2. The Hall–Kier alpha value is -1.18. The van der Waals surface area contributed by atoms with Crippen molar-refractivity contribution >= 4 is 18.3 Å². The number of piperazine rings is 1. The molecule has 2 saturated heterocycles. The van der Waals surface area contributed by atoms with Gasteiger partial charge < -0.3 is 14.7 Å². The molecule has 1 N–H and O–H groups in total. The van der Waals surface area contributed by atoms with Crippen LogP contribution in [0.2, 0.25) is 0 Å². The quantitative estimate of drug-likeness (QED) is 0.881. The monoisotopic (exact) mass is 357 g/mol. The van der Waals surface area contributed by atoms with Crippen molar-refractivity contribution in [1.29, 1.82) is 0 Å². The molecule has 1 amide bonds. The highest BCUT2D eigenvalue weighted by Gasteiger charge is 2.30. The highest BCUT2D eigenvalue weighted by Crippen LogP contribution is 2.28. The second-order valence-electron chi connectivity index (χ2n) is 6.62. The van der Waals surface area contributed by atoms with Gasteiger partial charge in [-0.15, -0.1) is 12.4 Å². The van der Waals surface area contributed by atoms with E-state index >= 15 is 0 Å². The lowest BCUT2D eigenvalue weighted by molar-refractivity contribution is -0.132. The fourth-order valence-electron chi connectivity index (χ4n) is 3.42. The Labute approximate surface area is 149 Å². The van der Waals surface area contributed by atoms with E-state index in [0.29, 0.717) is 18.9 Å². The summed E-state index contributed by atoms with van der Waals surface area (Å²) in [7, 11) is 2.09. The highest BCUT2D eigenvalue weighted by molar-refractivity contribution is 5.85. The van der Waals surface area contributed by atoms with Gasteiger partial charge in [-0.25, -0.2) is 0 Å². The summed E-state index contributed by atoms with van der Waals surface area (Å²) < 4.78 is 5.54. The fraction of sp³-hybridized carbons (Fsp3) is 0.812. The average Bonchev–Trinajstić information content (AvgIpc) is 3.05. The molecule has 3 heterocycles. The summed E-state index contributed by atoms with van der Waals surface area (Å²) in [5.41, 5.74) is 0. The van der Waals surface area contributed by atoms with Crippen LogP contribution in [0.25, 0.3) is 0 Å². The number of aromatic nitrogens is 2. The minimum atomic E-state index is 0. The first-order valence-electron chi connectivity index (χ1n) is 8.71. The Balaban J connectivity index is 0.00000208. The number of nitrogens with one attached hydrogen (secondary N) is 1. The third-order valence-electron chi connectivity index (χ3n) is 4.85. The molecule has 1 aromatic rings. The molecule has 8 heteroatoms. The molecule has 0 radical (unpaired) electrons. The Bertz CT molecular complexity index is 538. The predicted octanol–water partition coefficient (Wildman–Crippen LogP) is 1.57. The number of carbonyl (C=O) groups excluding carboxylic acids is 1. The van der Waals surface area contributed by atoms with Gasteiger partial charge >= 0.3 is 0 Å². The number of rotatable bonds is 4. The normalized spacial score (nSPS) is 25.3. The van der Waals surface area contributed by atoms with Crippen LogP contribution in [0.4, 0.5) is 0 Å². The van der Waals surface area contributed by atoms with E-state index in [9.17, 15) is 4.79 Å². The fourth-order valence-corrected chi connectivity index (χ4v) is 3.42. The Morgan fingerprint density at radius 1 is 1.42 bits per heavy atom. The number of nitrogens with zero attached hydrogens (tertiary/aromatic N) is 4. The van der Waals surface area contributed by atoms with E-state index in [4.69, 9.17) is 4.52 Å². The summed E-state index contributed by atoms with van der Waals surface area (Å²) in [5.74, 6) is 1.86. The third-order valence-corrected chi connectivity index (χ3v) is 4.85. The molecule has 0 saturated carbocycles. The van der Waals surface area contributed by atoms with Gasteiger partial charge in [-0.1, -0.05) is 12.1 Å². The molecule has 0 aliphatic carbocycles. The molecule has 2 aliphatic rings. The summed E-state index contributed by atoms with van der Waals surface area (Å²) in [6.07, 6.45) is 3.53. The van der Waals surface area contributed by atoms with Crippen molar-refractivity contribution < 1.29 is 9.32 Å². The van der Waals surface area contributed by atoms with Crippen LogP contribution in [0.3, 0.4) is 0 Å². The summed E-state index contributed by atoms with van der Waals surface area (Å²) >= 11 is 0. The van der Waals surface area contributed by atoms with E-state index in [1.807, 2.05) is 11.8 Å². The van der Waals surface area contributed by atoms with Crippen molar-refractivity contribution in [2.75, 3.05) is 39.8 Å². The van der Waals surface area contributed by atoms with Crippen LogP contribution in [0.15, 0.2) is 4.52 Å². The molecular weight excluding hydrogens is 330 g/mol. The zero-order valence-electron chi connectivity index (χ0n) is 14.5. The van der Waals surface area contributed by atoms with Crippen LogP contribution >= 0.6 is 12.4 Å². The number of piperidine rings is 1. The van der Waals surface area contributed by atoms with Crippen LogP contribution in [0, 0.1) is 0 Å². The number of hydrogen-bond donors (Lipinski definition) is 1. The summed E-state index contributed by atoms with van der Waals surface area (Å²) in [6, 6.07) is 0.169. The molecule has 0 spiro atoms. The Kier molecular flexibility index (Phi) is 7.01. The molecule has 24 heavy (non-hydrogen) atoms. The van der Waals surface area contributed by atoms with Gasteiger partial charge in [0.05, 0.1) is 12.0 Å². The van der Waals surface area contributed by atoms with E-state index in [-0.39, 0.29) is 30.3 Å². The Morgan fingerprint density at radius 2 is 2.25 bits per heavy atom. The molecule has 136 valence electrons. The van der Waals surface area contributed by atoms with Gasteiger partial charge in [0, 0.05) is 39.1 Å². The van der Waals surface area contributed by atoms with E-state index in [1.54, 1.807) is 0 Å². The van der Waals surface area contributed by atoms with Gasteiger partial charge in [0.1, 0.15) is 0 Å². The maximum absolute atomic E-state index is 12.1. The number of amides is 1. The van der Waals surface area contributed by atoms with E-state index in [2.05, 4.69) is 27.4 Å². The second kappa shape index (κ2) is 8.78. The maximum atomic E-state index is 12.1. The summed E-state index contributed by atoms with van der Waals surface area (Å²) in [5, 5.41) is 7.57. The van der Waals surface area contributed by atoms with Gasteiger partial charge in [0.25, 0.3) is 0 Å². The predicted molar refractivity (Wildman–Crippen MR) is 93.2 cm³/mol. The molecule has 0 bridgehead atoms. The molecule has 2 atom stereocenters. The van der Waals surface area contributed by atoms with Crippen molar-refractivity contribution in [1.82, 2.24) is 25.3 Å². The molecule has 1 aromatic heterocycles. The minimum absolute atomic E-state index is 0. The number of likely N-dealkylation sites (N-methyl/N-ethyl adjacent to an activating group) is 1. The largest absolute Gasteiger partial charge is 0.342 e. The lowest BCUT2D eigenvalue weighted by Crippen LogP contribution is -2.44. The van der Waals surface area contributed by atoms with Crippen molar-refractivity contribution in [3.63, 3.8) is 0 Å². The number of halogens is 1. The molecule has 3 rings (SSSR count). The van der Waals surface area contributed by atoms with Crippen LogP contribution in [-0.2, 0) is 4.79 Å². The molecule has 2 fully saturated rings. The van der Waals surface area contributed by atoms with E-state index < -0.39 is 0 Å². The van der Waals surface area contributed by atoms with E-state index in [1.165, 1.54) is 0 Å². The van der Waals surface area contributed by atoms with Gasteiger partial charge in [0.2, 0.25) is 11.8 Å². The average molecular weight is 358 g/mol. The van der Waals surface area contributed by atoms with Crippen LogP contribution in [0.1, 0.15) is 56.3 Å². The molecular formula is C16H28ClN5O2. The maximum Gasteiger partial charge on any atom is 0.231 e. The van der Waals surface area contributed by atoms with Crippen molar-refractivity contribution in [3.8, 4) is 0 Å². The van der Waals surface area contributed by atoms with Crippen LogP contribution < -0.4 is 5.32 Å². The van der Waals surface area contributed by atoms with Crippen molar-refractivity contribution in [2.45, 2.75) is 44.6 Å². The Morgan fingerprint density at radius 3 is 3.00 bits per heavy atom.